The van der Waals surface area contributed by atoms with Crippen molar-refractivity contribution in [2.24, 2.45) is 0 Å². The molecule has 4 nitrogen and oxygen atoms in total. The van der Waals surface area contributed by atoms with Crippen molar-refractivity contribution < 1.29 is 4.74 Å². The van der Waals surface area contributed by atoms with Crippen LogP contribution in [0.15, 0.2) is 18.2 Å². The lowest BCUT2D eigenvalue weighted by atomic mass is 10.2. The second kappa shape index (κ2) is 6.13. The van der Waals surface area contributed by atoms with Crippen molar-refractivity contribution in [2.45, 2.75) is 20.4 Å². The lowest BCUT2D eigenvalue weighted by molar-refractivity contribution is 0.473. The Bertz CT molecular complexity index is 530. The molecule has 0 amide bonds. The SMILES string of the molecule is CCNCc1nnc(Oc2ccc(C)cc2Cl)s1. The maximum Gasteiger partial charge on any atom is 0.299 e. The number of halogens is 1. The Morgan fingerprint density at radius 3 is 2.94 bits per heavy atom. The monoisotopic (exact) mass is 283 g/mol. The molecule has 0 saturated carbocycles. The Morgan fingerprint density at radius 1 is 1.39 bits per heavy atom. The second-order valence-corrected chi connectivity index (χ2v) is 5.21. The predicted molar refractivity (Wildman–Crippen MR) is 73.6 cm³/mol. The molecule has 0 aliphatic heterocycles. The average Bonchev–Trinajstić information content (AvgIpc) is 2.78. The molecule has 0 saturated heterocycles. The zero-order valence-corrected chi connectivity index (χ0v) is 11.8. The summed E-state index contributed by atoms with van der Waals surface area (Å²) < 4.78 is 5.61. The van der Waals surface area contributed by atoms with Crippen LogP contribution in [0.2, 0.25) is 5.02 Å². The van der Waals surface area contributed by atoms with Gasteiger partial charge in [-0.3, -0.25) is 0 Å². The number of benzene rings is 1. The highest BCUT2D eigenvalue weighted by molar-refractivity contribution is 7.13. The van der Waals surface area contributed by atoms with Gasteiger partial charge in [-0.2, -0.15) is 0 Å². The molecule has 1 aromatic heterocycles. The van der Waals surface area contributed by atoms with Crippen LogP contribution in [-0.2, 0) is 6.54 Å². The first-order valence-electron chi connectivity index (χ1n) is 5.66. The maximum absolute atomic E-state index is 6.09. The van der Waals surface area contributed by atoms with E-state index in [9.17, 15) is 0 Å². The summed E-state index contributed by atoms with van der Waals surface area (Å²) in [5.41, 5.74) is 1.09. The number of aryl methyl sites for hydroxylation is 1. The van der Waals surface area contributed by atoms with Gasteiger partial charge >= 0.3 is 0 Å². The molecule has 1 aromatic carbocycles. The summed E-state index contributed by atoms with van der Waals surface area (Å²) in [7, 11) is 0. The first kappa shape index (κ1) is 13.3. The van der Waals surface area contributed by atoms with Crippen LogP contribution in [-0.4, -0.2) is 16.7 Å². The number of hydrogen-bond acceptors (Lipinski definition) is 5. The van der Waals surface area contributed by atoms with Crippen LogP contribution < -0.4 is 10.1 Å². The van der Waals surface area contributed by atoms with Crippen LogP contribution in [0.4, 0.5) is 0 Å². The lowest BCUT2D eigenvalue weighted by Crippen LogP contribution is -2.11. The first-order valence-corrected chi connectivity index (χ1v) is 6.85. The van der Waals surface area contributed by atoms with E-state index in [0.717, 1.165) is 17.1 Å². The molecule has 0 spiro atoms. The number of nitrogens with zero attached hydrogens (tertiary/aromatic N) is 2. The minimum atomic E-state index is 0.508. The van der Waals surface area contributed by atoms with Crippen LogP contribution >= 0.6 is 22.9 Å². The molecule has 0 atom stereocenters. The quantitative estimate of drug-likeness (QED) is 0.913. The number of rotatable bonds is 5. The van der Waals surface area contributed by atoms with E-state index in [1.807, 2.05) is 32.0 Å². The molecule has 1 N–H and O–H groups in total. The van der Waals surface area contributed by atoms with E-state index in [2.05, 4.69) is 15.5 Å². The van der Waals surface area contributed by atoms with Gasteiger partial charge in [-0.05, 0) is 31.2 Å². The number of aromatic nitrogens is 2. The summed E-state index contributed by atoms with van der Waals surface area (Å²) in [6, 6.07) is 5.64. The maximum atomic E-state index is 6.09. The Morgan fingerprint density at radius 2 is 2.22 bits per heavy atom. The summed E-state index contributed by atoms with van der Waals surface area (Å²) in [4.78, 5) is 0. The van der Waals surface area contributed by atoms with Gasteiger partial charge in [0.1, 0.15) is 10.8 Å². The zero-order chi connectivity index (χ0) is 13.0. The van der Waals surface area contributed by atoms with Crippen molar-refractivity contribution in [2.75, 3.05) is 6.54 Å². The third kappa shape index (κ3) is 3.41. The fourth-order valence-corrected chi connectivity index (χ4v) is 2.31. The third-order valence-corrected chi connectivity index (χ3v) is 3.36. The molecule has 0 unspecified atom stereocenters. The van der Waals surface area contributed by atoms with Crippen molar-refractivity contribution >= 4 is 22.9 Å². The minimum Gasteiger partial charge on any atom is -0.428 e. The normalized spacial score (nSPS) is 10.6. The summed E-state index contributed by atoms with van der Waals surface area (Å²) in [6.45, 7) is 5.64. The van der Waals surface area contributed by atoms with E-state index < -0.39 is 0 Å². The summed E-state index contributed by atoms with van der Waals surface area (Å²) in [5.74, 6) is 0.605. The van der Waals surface area contributed by atoms with E-state index in [0.29, 0.717) is 22.5 Å². The Hall–Kier alpha value is -1.17. The van der Waals surface area contributed by atoms with Crippen LogP contribution in [0.25, 0.3) is 0 Å². The van der Waals surface area contributed by atoms with E-state index in [-0.39, 0.29) is 0 Å². The average molecular weight is 284 g/mol. The predicted octanol–water partition coefficient (Wildman–Crippen LogP) is 3.40. The molecule has 0 fully saturated rings. The standard InChI is InChI=1S/C12H14ClN3OS/c1-3-14-7-11-15-16-12(18-11)17-10-5-4-8(2)6-9(10)13/h4-6,14H,3,7H2,1-2H3. The fraction of sp³-hybridized carbons (Fsp3) is 0.333. The molecule has 0 radical (unpaired) electrons. The molecule has 2 rings (SSSR count). The molecule has 96 valence electrons. The second-order valence-electron chi connectivity index (χ2n) is 3.78. The molecular formula is C12H14ClN3OS. The van der Waals surface area contributed by atoms with Crippen LogP contribution in [0, 0.1) is 6.92 Å². The Labute approximate surface area is 115 Å². The van der Waals surface area contributed by atoms with Gasteiger partial charge in [-0.15, -0.1) is 5.10 Å². The van der Waals surface area contributed by atoms with Gasteiger partial charge in [-0.25, -0.2) is 0 Å². The Kier molecular flexibility index (Phi) is 4.52. The van der Waals surface area contributed by atoms with Crippen molar-refractivity contribution in [3.63, 3.8) is 0 Å². The summed E-state index contributed by atoms with van der Waals surface area (Å²) in [5, 5.41) is 13.2. The van der Waals surface area contributed by atoms with E-state index in [1.54, 1.807) is 0 Å². The van der Waals surface area contributed by atoms with Crippen molar-refractivity contribution in [3.05, 3.63) is 33.8 Å². The van der Waals surface area contributed by atoms with Crippen molar-refractivity contribution in [3.8, 4) is 10.9 Å². The number of nitrogens with one attached hydrogen (secondary N) is 1. The van der Waals surface area contributed by atoms with Gasteiger partial charge in [0, 0.05) is 6.54 Å². The summed E-state index contributed by atoms with van der Waals surface area (Å²) >= 11 is 7.50. The molecular weight excluding hydrogens is 270 g/mol. The topological polar surface area (TPSA) is 47.0 Å². The highest BCUT2D eigenvalue weighted by atomic mass is 35.5. The molecule has 18 heavy (non-hydrogen) atoms. The summed E-state index contributed by atoms with van der Waals surface area (Å²) in [6.07, 6.45) is 0. The van der Waals surface area contributed by atoms with Crippen LogP contribution in [0.1, 0.15) is 17.5 Å². The molecule has 0 aliphatic carbocycles. The zero-order valence-electron chi connectivity index (χ0n) is 10.2. The van der Waals surface area contributed by atoms with E-state index in [1.165, 1.54) is 11.3 Å². The van der Waals surface area contributed by atoms with Gasteiger partial charge in [-0.1, -0.05) is 41.0 Å². The molecule has 0 aliphatic rings. The van der Waals surface area contributed by atoms with Gasteiger partial charge in [0.05, 0.1) is 5.02 Å². The molecule has 2 aromatic rings. The lowest BCUT2D eigenvalue weighted by Gasteiger charge is -2.03. The largest absolute Gasteiger partial charge is 0.428 e. The first-order chi connectivity index (χ1) is 8.69. The van der Waals surface area contributed by atoms with E-state index in [4.69, 9.17) is 16.3 Å². The fourth-order valence-electron chi connectivity index (χ4n) is 1.37. The van der Waals surface area contributed by atoms with Crippen molar-refractivity contribution in [1.82, 2.24) is 15.5 Å². The van der Waals surface area contributed by atoms with E-state index >= 15 is 0 Å². The van der Waals surface area contributed by atoms with Crippen molar-refractivity contribution in [1.29, 1.82) is 0 Å². The van der Waals surface area contributed by atoms with Crippen LogP contribution in [0.5, 0.6) is 10.9 Å². The van der Waals surface area contributed by atoms with Gasteiger partial charge < -0.3 is 10.1 Å². The number of hydrogen-bond donors (Lipinski definition) is 1. The highest BCUT2D eigenvalue weighted by Crippen LogP contribution is 2.31. The smallest absolute Gasteiger partial charge is 0.299 e. The highest BCUT2D eigenvalue weighted by Gasteiger charge is 2.08. The van der Waals surface area contributed by atoms with Gasteiger partial charge in [0.15, 0.2) is 0 Å². The van der Waals surface area contributed by atoms with Crippen LogP contribution in [0.3, 0.4) is 0 Å². The van der Waals surface area contributed by atoms with Gasteiger partial charge in [0.25, 0.3) is 5.19 Å². The minimum absolute atomic E-state index is 0.508. The molecule has 1 heterocycles. The third-order valence-electron chi connectivity index (χ3n) is 2.26. The Balaban J connectivity index is 2.06. The molecule has 6 heteroatoms. The number of ether oxygens (including phenoxy) is 1. The van der Waals surface area contributed by atoms with Gasteiger partial charge in [0.2, 0.25) is 0 Å². The molecule has 0 bridgehead atoms.